The largest absolute Gasteiger partial charge is 0.372 e. The Labute approximate surface area is 93.7 Å². The number of aryl methyl sites for hydroxylation is 2. The summed E-state index contributed by atoms with van der Waals surface area (Å²) in [5.41, 5.74) is 1.04. The van der Waals surface area contributed by atoms with Gasteiger partial charge in [0, 0.05) is 12.0 Å². The SMILES string of the molecule is CCc1nc(NC(=O)C(C)OC)sc1C. The lowest BCUT2D eigenvalue weighted by atomic mass is 10.3. The zero-order chi connectivity index (χ0) is 11.4. The highest BCUT2D eigenvalue weighted by Gasteiger charge is 2.14. The van der Waals surface area contributed by atoms with E-state index in [9.17, 15) is 4.79 Å². The van der Waals surface area contributed by atoms with E-state index in [1.54, 1.807) is 6.92 Å². The number of carbonyl (C=O) groups is 1. The molecule has 0 saturated heterocycles. The van der Waals surface area contributed by atoms with Crippen molar-refractivity contribution in [2.24, 2.45) is 0 Å². The van der Waals surface area contributed by atoms with Crippen molar-refractivity contribution in [1.82, 2.24) is 4.98 Å². The number of anilines is 1. The van der Waals surface area contributed by atoms with Crippen molar-refractivity contribution in [1.29, 1.82) is 0 Å². The van der Waals surface area contributed by atoms with Gasteiger partial charge in [-0.25, -0.2) is 4.98 Å². The zero-order valence-electron chi connectivity index (χ0n) is 9.46. The van der Waals surface area contributed by atoms with Crippen molar-refractivity contribution in [3.8, 4) is 0 Å². The molecule has 0 aliphatic carbocycles. The number of thiazole rings is 1. The van der Waals surface area contributed by atoms with E-state index < -0.39 is 6.10 Å². The summed E-state index contributed by atoms with van der Waals surface area (Å²) in [7, 11) is 1.51. The number of methoxy groups -OCH3 is 1. The van der Waals surface area contributed by atoms with Gasteiger partial charge in [-0.2, -0.15) is 0 Å². The average molecular weight is 228 g/mol. The Balaban J connectivity index is 2.68. The Morgan fingerprint density at radius 2 is 2.33 bits per heavy atom. The molecule has 0 fully saturated rings. The van der Waals surface area contributed by atoms with Crippen LogP contribution in [0.15, 0.2) is 0 Å². The standard InChI is InChI=1S/C10H16N2O2S/c1-5-8-7(3)15-10(11-8)12-9(13)6(2)14-4/h6H,5H2,1-4H3,(H,11,12,13). The molecule has 0 saturated carbocycles. The van der Waals surface area contributed by atoms with Gasteiger partial charge in [0.1, 0.15) is 6.10 Å². The van der Waals surface area contributed by atoms with E-state index in [4.69, 9.17) is 4.74 Å². The molecular formula is C10H16N2O2S. The smallest absolute Gasteiger partial charge is 0.254 e. The fraction of sp³-hybridized carbons (Fsp3) is 0.600. The lowest BCUT2D eigenvalue weighted by molar-refractivity contribution is -0.124. The molecule has 0 aliphatic heterocycles. The molecule has 1 heterocycles. The topological polar surface area (TPSA) is 51.2 Å². The van der Waals surface area contributed by atoms with Crippen LogP contribution in [0.5, 0.6) is 0 Å². The molecule has 4 nitrogen and oxygen atoms in total. The average Bonchev–Trinajstić information content (AvgIpc) is 2.57. The van der Waals surface area contributed by atoms with Crippen LogP contribution in [0.4, 0.5) is 5.13 Å². The number of aromatic nitrogens is 1. The second-order valence-electron chi connectivity index (χ2n) is 3.24. The lowest BCUT2D eigenvalue weighted by Gasteiger charge is -2.07. The van der Waals surface area contributed by atoms with Crippen LogP contribution in [0.25, 0.3) is 0 Å². The van der Waals surface area contributed by atoms with Crippen LogP contribution in [0.3, 0.4) is 0 Å². The van der Waals surface area contributed by atoms with Gasteiger partial charge in [-0.3, -0.25) is 10.1 Å². The van der Waals surface area contributed by atoms with E-state index in [0.29, 0.717) is 5.13 Å². The van der Waals surface area contributed by atoms with Gasteiger partial charge in [0.15, 0.2) is 5.13 Å². The van der Waals surface area contributed by atoms with E-state index in [1.165, 1.54) is 18.4 Å². The van der Waals surface area contributed by atoms with Crippen molar-refractivity contribution in [2.75, 3.05) is 12.4 Å². The summed E-state index contributed by atoms with van der Waals surface area (Å²) < 4.78 is 4.91. The molecule has 84 valence electrons. The van der Waals surface area contributed by atoms with Crippen molar-refractivity contribution in [3.63, 3.8) is 0 Å². The number of rotatable bonds is 4. The molecule has 1 aromatic rings. The number of nitrogens with zero attached hydrogens (tertiary/aromatic N) is 1. The van der Waals surface area contributed by atoms with E-state index in [2.05, 4.69) is 10.3 Å². The van der Waals surface area contributed by atoms with Gasteiger partial charge >= 0.3 is 0 Å². The first-order valence-electron chi connectivity index (χ1n) is 4.88. The summed E-state index contributed by atoms with van der Waals surface area (Å²) in [4.78, 5) is 16.9. The Bertz CT molecular complexity index is 349. The van der Waals surface area contributed by atoms with Crippen LogP contribution in [0, 0.1) is 6.92 Å². The van der Waals surface area contributed by atoms with Gasteiger partial charge in [0.2, 0.25) is 0 Å². The highest BCUT2D eigenvalue weighted by molar-refractivity contribution is 7.15. The summed E-state index contributed by atoms with van der Waals surface area (Å²) in [5, 5.41) is 3.38. The number of ether oxygens (including phenoxy) is 1. The molecule has 0 radical (unpaired) electrons. The number of nitrogens with one attached hydrogen (secondary N) is 1. The Kier molecular flexibility index (Phi) is 4.23. The molecule has 0 bridgehead atoms. The van der Waals surface area contributed by atoms with Gasteiger partial charge in [-0.05, 0) is 20.3 Å². The first-order chi connectivity index (χ1) is 7.08. The van der Waals surface area contributed by atoms with E-state index >= 15 is 0 Å². The van der Waals surface area contributed by atoms with Crippen molar-refractivity contribution in [3.05, 3.63) is 10.6 Å². The summed E-state index contributed by atoms with van der Waals surface area (Å²) in [6.45, 7) is 5.76. The third kappa shape index (κ3) is 3.00. The van der Waals surface area contributed by atoms with Gasteiger partial charge in [0.25, 0.3) is 5.91 Å². The van der Waals surface area contributed by atoms with Crippen molar-refractivity contribution < 1.29 is 9.53 Å². The molecule has 1 atom stereocenters. The maximum absolute atomic E-state index is 11.5. The predicted octanol–water partition coefficient (Wildman–Crippen LogP) is 1.99. The first-order valence-corrected chi connectivity index (χ1v) is 5.70. The molecule has 0 aliphatic rings. The number of hydrogen-bond acceptors (Lipinski definition) is 4. The predicted molar refractivity (Wildman–Crippen MR) is 61.3 cm³/mol. The van der Waals surface area contributed by atoms with E-state index in [-0.39, 0.29) is 5.91 Å². The molecule has 1 amide bonds. The molecule has 1 aromatic heterocycles. The molecule has 5 heteroatoms. The molecular weight excluding hydrogens is 212 g/mol. The summed E-state index contributed by atoms with van der Waals surface area (Å²) in [6.07, 6.45) is 0.442. The lowest BCUT2D eigenvalue weighted by Crippen LogP contribution is -2.26. The van der Waals surface area contributed by atoms with Crippen LogP contribution in [-0.4, -0.2) is 24.1 Å². The minimum atomic E-state index is -0.445. The fourth-order valence-electron chi connectivity index (χ4n) is 1.12. The van der Waals surface area contributed by atoms with Crippen LogP contribution < -0.4 is 5.32 Å². The van der Waals surface area contributed by atoms with Gasteiger partial charge in [-0.1, -0.05) is 6.92 Å². The maximum Gasteiger partial charge on any atom is 0.254 e. The monoisotopic (exact) mass is 228 g/mol. The Morgan fingerprint density at radius 1 is 1.67 bits per heavy atom. The van der Waals surface area contributed by atoms with Gasteiger partial charge < -0.3 is 4.74 Å². The quantitative estimate of drug-likeness (QED) is 0.857. The van der Waals surface area contributed by atoms with E-state index in [1.807, 2.05) is 13.8 Å². The minimum Gasteiger partial charge on any atom is -0.372 e. The molecule has 1 N–H and O–H groups in total. The van der Waals surface area contributed by atoms with E-state index in [0.717, 1.165) is 17.0 Å². The fourth-order valence-corrected chi connectivity index (χ4v) is 2.03. The third-order valence-corrected chi connectivity index (χ3v) is 3.11. The van der Waals surface area contributed by atoms with Crippen molar-refractivity contribution in [2.45, 2.75) is 33.3 Å². The molecule has 0 aromatic carbocycles. The van der Waals surface area contributed by atoms with Gasteiger partial charge in [-0.15, -0.1) is 11.3 Å². The molecule has 1 rings (SSSR count). The summed E-state index contributed by atoms with van der Waals surface area (Å²) in [5.74, 6) is -0.158. The number of carbonyl (C=O) groups excluding carboxylic acids is 1. The second-order valence-corrected chi connectivity index (χ2v) is 4.45. The molecule has 1 unspecified atom stereocenters. The highest BCUT2D eigenvalue weighted by Crippen LogP contribution is 2.22. The maximum atomic E-state index is 11.5. The normalized spacial score (nSPS) is 12.5. The minimum absolute atomic E-state index is 0.158. The summed E-state index contributed by atoms with van der Waals surface area (Å²) >= 11 is 1.50. The number of amides is 1. The Morgan fingerprint density at radius 3 is 2.80 bits per heavy atom. The third-order valence-electron chi connectivity index (χ3n) is 2.18. The van der Waals surface area contributed by atoms with Crippen molar-refractivity contribution >= 4 is 22.4 Å². The molecule has 15 heavy (non-hydrogen) atoms. The first kappa shape index (κ1) is 12.1. The zero-order valence-corrected chi connectivity index (χ0v) is 10.3. The number of hydrogen-bond donors (Lipinski definition) is 1. The van der Waals surface area contributed by atoms with Crippen LogP contribution in [0.2, 0.25) is 0 Å². The second kappa shape index (κ2) is 5.23. The Hall–Kier alpha value is -0.940. The van der Waals surface area contributed by atoms with Crippen LogP contribution >= 0.6 is 11.3 Å². The summed E-state index contributed by atoms with van der Waals surface area (Å²) in [6, 6.07) is 0. The van der Waals surface area contributed by atoms with Gasteiger partial charge in [0.05, 0.1) is 5.69 Å². The highest BCUT2D eigenvalue weighted by atomic mass is 32.1. The van der Waals surface area contributed by atoms with Crippen LogP contribution in [-0.2, 0) is 16.0 Å². The van der Waals surface area contributed by atoms with Crippen LogP contribution in [0.1, 0.15) is 24.4 Å². The molecule has 0 spiro atoms.